The summed E-state index contributed by atoms with van der Waals surface area (Å²) >= 11 is 3.18. The second-order valence-corrected chi connectivity index (χ2v) is 2.17. The molecule has 0 bridgehead atoms. The van der Waals surface area contributed by atoms with Crippen LogP contribution in [0.4, 0.5) is 0 Å². The third kappa shape index (κ3) is 4.15. The average molecular weight is 181 g/mol. The Hall–Kier alpha value is -0.0200. The zero-order valence-electron chi connectivity index (χ0n) is 4.76. The maximum atomic E-state index is 4.80. The highest BCUT2D eigenvalue weighted by Gasteiger charge is 1.97. The van der Waals surface area contributed by atoms with Gasteiger partial charge in [0.2, 0.25) is 0 Å². The van der Waals surface area contributed by atoms with Crippen LogP contribution in [0.3, 0.4) is 0 Å². The molecule has 1 atom stereocenters. The molecule has 48 valence electrons. The van der Waals surface area contributed by atoms with E-state index in [9.17, 15) is 0 Å². The highest BCUT2D eigenvalue weighted by molar-refractivity contribution is 9.09. The number of hydrogen-bond donors (Lipinski definition) is 0. The normalized spacial score (nSPS) is 12.8. The Balaban J connectivity index is 2.97. The molecule has 8 heavy (non-hydrogen) atoms. The summed E-state index contributed by atoms with van der Waals surface area (Å²) in [5, 5.41) is -0.0273. The molecule has 0 radical (unpaired) electrons. The standard InChI is InChI=1S/C5H9BrO2/c1-3-8-4-5(6)7-2/h3,5H,1,4H2,2H3. The van der Waals surface area contributed by atoms with Gasteiger partial charge in [0.15, 0.2) is 0 Å². The molecule has 0 heterocycles. The van der Waals surface area contributed by atoms with Crippen molar-refractivity contribution in [3.63, 3.8) is 0 Å². The average Bonchev–Trinajstić information content (AvgIpc) is 1.83. The van der Waals surface area contributed by atoms with E-state index in [2.05, 4.69) is 22.5 Å². The number of hydrogen-bond acceptors (Lipinski definition) is 2. The van der Waals surface area contributed by atoms with E-state index >= 15 is 0 Å². The summed E-state index contributed by atoms with van der Waals surface area (Å²) in [5.41, 5.74) is 0. The molecule has 0 aromatic heterocycles. The third-order valence-electron chi connectivity index (χ3n) is 0.601. The predicted molar refractivity (Wildman–Crippen MR) is 35.9 cm³/mol. The fourth-order valence-electron chi connectivity index (χ4n) is 0.212. The van der Waals surface area contributed by atoms with Crippen molar-refractivity contribution in [3.05, 3.63) is 12.8 Å². The predicted octanol–water partition coefficient (Wildman–Crippen LogP) is 1.51. The van der Waals surface area contributed by atoms with Gasteiger partial charge in [-0.2, -0.15) is 0 Å². The number of rotatable bonds is 4. The first-order valence-electron chi connectivity index (χ1n) is 2.20. The number of alkyl halides is 1. The third-order valence-corrected chi connectivity index (χ3v) is 1.24. The van der Waals surface area contributed by atoms with Crippen LogP contribution in [0.15, 0.2) is 12.8 Å². The van der Waals surface area contributed by atoms with E-state index in [4.69, 9.17) is 9.47 Å². The fourth-order valence-corrected chi connectivity index (χ4v) is 0.364. The van der Waals surface area contributed by atoms with E-state index in [-0.39, 0.29) is 5.01 Å². The first kappa shape index (κ1) is 7.98. The summed E-state index contributed by atoms with van der Waals surface area (Å²) in [5.74, 6) is 0. The lowest BCUT2D eigenvalue weighted by atomic mass is 10.8. The lowest BCUT2D eigenvalue weighted by Gasteiger charge is -2.04. The molecule has 2 nitrogen and oxygen atoms in total. The minimum absolute atomic E-state index is 0.0273. The van der Waals surface area contributed by atoms with Gasteiger partial charge in [-0.25, -0.2) is 0 Å². The van der Waals surface area contributed by atoms with Gasteiger partial charge in [-0.3, -0.25) is 0 Å². The molecule has 0 aliphatic rings. The molecule has 0 N–H and O–H groups in total. The van der Waals surface area contributed by atoms with Crippen LogP contribution in [0.5, 0.6) is 0 Å². The summed E-state index contributed by atoms with van der Waals surface area (Å²) in [7, 11) is 1.60. The molecular formula is C5H9BrO2. The molecule has 3 heteroatoms. The van der Waals surface area contributed by atoms with Crippen molar-refractivity contribution in [2.45, 2.75) is 5.01 Å². The zero-order valence-corrected chi connectivity index (χ0v) is 6.35. The van der Waals surface area contributed by atoms with Gasteiger partial charge in [0.25, 0.3) is 0 Å². The summed E-state index contributed by atoms with van der Waals surface area (Å²) < 4.78 is 9.57. The molecule has 0 aliphatic heterocycles. The molecule has 0 amide bonds. The van der Waals surface area contributed by atoms with Crippen molar-refractivity contribution in [3.8, 4) is 0 Å². The Morgan fingerprint density at radius 2 is 2.50 bits per heavy atom. The molecule has 0 aromatic carbocycles. The van der Waals surface area contributed by atoms with E-state index in [0.29, 0.717) is 6.61 Å². The van der Waals surface area contributed by atoms with E-state index in [0.717, 1.165) is 0 Å². The van der Waals surface area contributed by atoms with Gasteiger partial charge >= 0.3 is 0 Å². The van der Waals surface area contributed by atoms with Gasteiger partial charge in [-0.15, -0.1) is 0 Å². The molecule has 0 aliphatic carbocycles. The lowest BCUT2D eigenvalue weighted by molar-refractivity contribution is 0.104. The second kappa shape index (κ2) is 5.12. The van der Waals surface area contributed by atoms with Crippen molar-refractivity contribution in [1.82, 2.24) is 0 Å². The molecular weight excluding hydrogens is 172 g/mol. The fraction of sp³-hybridized carbons (Fsp3) is 0.600. The van der Waals surface area contributed by atoms with Crippen LogP contribution >= 0.6 is 15.9 Å². The Kier molecular flexibility index (Phi) is 5.11. The molecule has 0 saturated carbocycles. The molecule has 0 saturated heterocycles. The Bertz CT molecular complexity index is 65.4. The number of ether oxygens (including phenoxy) is 2. The van der Waals surface area contributed by atoms with Gasteiger partial charge in [0.1, 0.15) is 11.6 Å². The Morgan fingerprint density at radius 3 is 2.88 bits per heavy atom. The van der Waals surface area contributed by atoms with Crippen LogP contribution in [0.1, 0.15) is 0 Å². The van der Waals surface area contributed by atoms with Crippen LogP contribution in [0, 0.1) is 0 Å². The van der Waals surface area contributed by atoms with Gasteiger partial charge in [-0.05, 0) is 0 Å². The highest BCUT2D eigenvalue weighted by Crippen LogP contribution is 1.99. The maximum Gasteiger partial charge on any atom is 0.145 e. The summed E-state index contributed by atoms with van der Waals surface area (Å²) in [6, 6.07) is 0. The van der Waals surface area contributed by atoms with Crippen LogP contribution in [0.25, 0.3) is 0 Å². The van der Waals surface area contributed by atoms with Crippen molar-refractivity contribution in [2.24, 2.45) is 0 Å². The largest absolute Gasteiger partial charge is 0.498 e. The first-order chi connectivity index (χ1) is 3.81. The van der Waals surface area contributed by atoms with Crippen LogP contribution in [-0.2, 0) is 9.47 Å². The van der Waals surface area contributed by atoms with E-state index < -0.39 is 0 Å². The maximum absolute atomic E-state index is 4.80. The minimum atomic E-state index is -0.0273. The zero-order chi connectivity index (χ0) is 6.41. The van der Waals surface area contributed by atoms with Gasteiger partial charge in [0.05, 0.1) is 6.26 Å². The van der Waals surface area contributed by atoms with Crippen LogP contribution < -0.4 is 0 Å². The molecule has 0 rings (SSSR count). The second-order valence-electron chi connectivity index (χ2n) is 1.15. The Morgan fingerprint density at radius 1 is 1.88 bits per heavy atom. The van der Waals surface area contributed by atoms with Crippen LogP contribution in [0.2, 0.25) is 0 Å². The van der Waals surface area contributed by atoms with Crippen molar-refractivity contribution in [2.75, 3.05) is 13.7 Å². The highest BCUT2D eigenvalue weighted by atomic mass is 79.9. The van der Waals surface area contributed by atoms with Gasteiger partial charge in [-0.1, -0.05) is 22.5 Å². The quantitative estimate of drug-likeness (QED) is 0.483. The monoisotopic (exact) mass is 180 g/mol. The molecule has 0 aromatic rings. The summed E-state index contributed by atoms with van der Waals surface area (Å²) in [6.45, 7) is 3.87. The SMILES string of the molecule is C=COCC(Br)OC. The summed E-state index contributed by atoms with van der Waals surface area (Å²) in [6.07, 6.45) is 1.38. The lowest BCUT2D eigenvalue weighted by Crippen LogP contribution is -2.07. The van der Waals surface area contributed by atoms with E-state index in [1.165, 1.54) is 6.26 Å². The molecule has 0 fully saturated rings. The smallest absolute Gasteiger partial charge is 0.145 e. The number of methoxy groups -OCH3 is 1. The molecule has 0 spiro atoms. The Labute approximate surface area is 57.6 Å². The van der Waals surface area contributed by atoms with E-state index in [1.807, 2.05) is 0 Å². The van der Waals surface area contributed by atoms with Crippen molar-refractivity contribution >= 4 is 15.9 Å². The number of halogens is 1. The first-order valence-corrected chi connectivity index (χ1v) is 3.12. The summed E-state index contributed by atoms with van der Waals surface area (Å²) in [4.78, 5) is 0. The van der Waals surface area contributed by atoms with Crippen LogP contribution in [-0.4, -0.2) is 18.7 Å². The molecule has 1 unspecified atom stereocenters. The van der Waals surface area contributed by atoms with Gasteiger partial charge < -0.3 is 9.47 Å². The van der Waals surface area contributed by atoms with Crippen molar-refractivity contribution in [1.29, 1.82) is 0 Å². The minimum Gasteiger partial charge on any atom is -0.498 e. The topological polar surface area (TPSA) is 18.5 Å². The van der Waals surface area contributed by atoms with Gasteiger partial charge in [0, 0.05) is 7.11 Å². The van der Waals surface area contributed by atoms with E-state index in [1.54, 1.807) is 7.11 Å². The van der Waals surface area contributed by atoms with Crippen molar-refractivity contribution < 1.29 is 9.47 Å².